The molecule has 2 aliphatic rings. The summed E-state index contributed by atoms with van der Waals surface area (Å²) in [5.41, 5.74) is 2.06. The Morgan fingerprint density at radius 1 is 0.941 bits per heavy atom. The monoisotopic (exact) mass is 482 g/mol. The molecule has 34 heavy (non-hydrogen) atoms. The van der Waals surface area contributed by atoms with Crippen LogP contribution in [0.25, 0.3) is 10.9 Å². The second-order valence-corrected chi connectivity index (χ2v) is 10.8. The van der Waals surface area contributed by atoms with Crippen molar-refractivity contribution in [1.29, 1.82) is 0 Å². The van der Waals surface area contributed by atoms with E-state index in [1.807, 2.05) is 35.4 Å². The maximum atomic E-state index is 13.3. The summed E-state index contributed by atoms with van der Waals surface area (Å²) < 4.78 is 40.6. The Morgan fingerprint density at radius 3 is 2.44 bits per heavy atom. The van der Waals surface area contributed by atoms with Crippen molar-refractivity contribution in [2.45, 2.75) is 17.7 Å². The first-order valence-electron chi connectivity index (χ1n) is 11.6. The summed E-state index contributed by atoms with van der Waals surface area (Å²) in [6.07, 6.45) is 3.11. The largest absolute Gasteiger partial charge is 0.367 e. The van der Waals surface area contributed by atoms with E-state index >= 15 is 0 Å². The SMILES string of the molecule is O=C(C1CCCN(S(=O)(=O)c2ccc(F)cc2)C1)N1CCN(c2ccnc3ccccc23)CC1. The minimum absolute atomic E-state index is 0.0123. The van der Waals surface area contributed by atoms with Crippen molar-refractivity contribution in [1.82, 2.24) is 14.2 Å². The predicted molar refractivity (Wildman–Crippen MR) is 128 cm³/mol. The molecule has 0 radical (unpaired) electrons. The Labute approximate surface area is 198 Å². The molecular formula is C25H27FN4O3S. The summed E-state index contributed by atoms with van der Waals surface area (Å²) in [4.78, 5) is 21.9. The van der Waals surface area contributed by atoms with Gasteiger partial charge >= 0.3 is 0 Å². The molecule has 2 saturated heterocycles. The predicted octanol–water partition coefficient (Wildman–Crippen LogP) is 3.12. The number of aromatic nitrogens is 1. The summed E-state index contributed by atoms with van der Waals surface area (Å²) in [5.74, 6) is -0.833. The van der Waals surface area contributed by atoms with Crippen molar-refractivity contribution >= 4 is 32.5 Å². The minimum atomic E-state index is -3.76. The summed E-state index contributed by atoms with van der Waals surface area (Å²) in [7, 11) is -3.76. The number of carbonyl (C=O) groups is 1. The molecule has 0 spiro atoms. The van der Waals surface area contributed by atoms with Gasteiger partial charge in [0.2, 0.25) is 15.9 Å². The first-order chi connectivity index (χ1) is 16.4. The van der Waals surface area contributed by atoms with E-state index in [-0.39, 0.29) is 23.3 Å². The van der Waals surface area contributed by atoms with E-state index in [0.717, 1.165) is 28.7 Å². The second kappa shape index (κ2) is 9.31. The van der Waals surface area contributed by atoms with Crippen LogP contribution in [0.1, 0.15) is 12.8 Å². The smallest absolute Gasteiger partial charge is 0.243 e. The molecule has 2 aliphatic heterocycles. The van der Waals surface area contributed by atoms with Crippen LogP contribution >= 0.6 is 0 Å². The highest BCUT2D eigenvalue weighted by atomic mass is 32.2. The van der Waals surface area contributed by atoms with Gasteiger partial charge in [0.1, 0.15) is 5.82 Å². The highest BCUT2D eigenvalue weighted by Gasteiger charge is 2.36. The number of hydrogen-bond acceptors (Lipinski definition) is 5. The van der Waals surface area contributed by atoms with Gasteiger partial charge in [-0.05, 0) is 49.2 Å². The lowest BCUT2D eigenvalue weighted by atomic mass is 9.97. The number of carbonyl (C=O) groups excluding carboxylic acids is 1. The molecule has 1 unspecified atom stereocenters. The fourth-order valence-corrected chi connectivity index (χ4v) is 6.42. The number of piperazine rings is 1. The van der Waals surface area contributed by atoms with Crippen LogP contribution in [0.3, 0.4) is 0 Å². The molecule has 0 bridgehead atoms. The normalized spacial score (nSPS) is 20.0. The number of rotatable bonds is 4. The molecule has 3 aromatic rings. The number of anilines is 1. The van der Waals surface area contributed by atoms with Crippen LogP contribution in [0.15, 0.2) is 65.7 Å². The molecule has 5 rings (SSSR count). The van der Waals surface area contributed by atoms with Crippen LogP contribution in [0.5, 0.6) is 0 Å². The fraction of sp³-hybridized carbons (Fsp3) is 0.360. The Hall–Kier alpha value is -3.04. The number of halogens is 1. The van der Waals surface area contributed by atoms with E-state index in [2.05, 4.69) is 16.0 Å². The molecule has 3 heterocycles. The molecular weight excluding hydrogens is 455 g/mol. The Kier molecular flexibility index (Phi) is 6.22. The van der Waals surface area contributed by atoms with E-state index in [4.69, 9.17) is 0 Å². The summed E-state index contributed by atoms with van der Waals surface area (Å²) >= 11 is 0. The van der Waals surface area contributed by atoms with Gasteiger partial charge in [-0.25, -0.2) is 12.8 Å². The fourth-order valence-electron chi connectivity index (χ4n) is 4.90. The van der Waals surface area contributed by atoms with E-state index < -0.39 is 15.8 Å². The molecule has 2 fully saturated rings. The standard InChI is InChI=1S/C25H27FN4O3S/c26-20-7-9-21(10-8-20)34(32,33)30-13-3-4-19(18-30)25(31)29-16-14-28(15-17-29)24-11-12-27-23-6-2-1-5-22(23)24/h1-2,5-12,19H,3-4,13-18H2. The zero-order chi connectivity index (χ0) is 23.7. The van der Waals surface area contributed by atoms with Gasteiger partial charge in [-0.15, -0.1) is 0 Å². The Bertz CT molecular complexity index is 1290. The van der Waals surface area contributed by atoms with Crippen LogP contribution in [0.2, 0.25) is 0 Å². The van der Waals surface area contributed by atoms with Crippen LogP contribution in [0, 0.1) is 11.7 Å². The number of piperidine rings is 1. The van der Waals surface area contributed by atoms with Gasteiger partial charge in [0.15, 0.2) is 0 Å². The maximum absolute atomic E-state index is 13.3. The summed E-state index contributed by atoms with van der Waals surface area (Å²) in [5, 5.41) is 1.10. The van der Waals surface area contributed by atoms with Crippen LogP contribution in [-0.2, 0) is 14.8 Å². The molecule has 178 valence electrons. The highest BCUT2D eigenvalue weighted by molar-refractivity contribution is 7.89. The molecule has 1 atom stereocenters. The van der Waals surface area contributed by atoms with Crippen molar-refractivity contribution in [2.24, 2.45) is 5.92 Å². The van der Waals surface area contributed by atoms with Crippen LogP contribution in [-0.4, -0.2) is 67.8 Å². The van der Waals surface area contributed by atoms with E-state index in [0.29, 0.717) is 45.6 Å². The first kappa shape index (κ1) is 22.7. The van der Waals surface area contributed by atoms with Gasteiger partial charge < -0.3 is 9.80 Å². The van der Waals surface area contributed by atoms with Gasteiger partial charge in [0.25, 0.3) is 0 Å². The highest BCUT2D eigenvalue weighted by Crippen LogP contribution is 2.28. The molecule has 2 aromatic carbocycles. The molecule has 0 N–H and O–H groups in total. The zero-order valence-electron chi connectivity index (χ0n) is 18.8. The van der Waals surface area contributed by atoms with E-state index in [9.17, 15) is 17.6 Å². The van der Waals surface area contributed by atoms with Crippen molar-refractivity contribution in [3.8, 4) is 0 Å². The molecule has 9 heteroatoms. The molecule has 1 aromatic heterocycles. The number of para-hydroxylation sites is 1. The van der Waals surface area contributed by atoms with Gasteiger partial charge in [-0.2, -0.15) is 4.31 Å². The maximum Gasteiger partial charge on any atom is 0.243 e. The first-order valence-corrected chi connectivity index (χ1v) is 13.0. The average Bonchev–Trinajstić information content (AvgIpc) is 2.88. The average molecular weight is 483 g/mol. The quantitative estimate of drug-likeness (QED) is 0.571. The van der Waals surface area contributed by atoms with Crippen LogP contribution in [0.4, 0.5) is 10.1 Å². The lowest BCUT2D eigenvalue weighted by Gasteiger charge is -2.39. The number of hydrogen-bond donors (Lipinski definition) is 0. The van der Waals surface area contributed by atoms with Crippen LogP contribution < -0.4 is 4.90 Å². The van der Waals surface area contributed by atoms with Gasteiger partial charge in [0.05, 0.1) is 16.3 Å². The minimum Gasteiger partial charge on any atom is -0.367 e. The number of sulfonamides is 1. The second-order valence-electron chi connectivity index (χ2n) is 8.82. The Morgan fingerprint density at radius 2 is 1.68 bits per heavy atom. The van der Waals surface area contributed by atoms with Gasteiger partial charge in [-0.3, -0.25) is 9.78 Å². The van der Waals surface area contributed by atoms with Gasteiger partial charge in [0, 0.05) is 56.5 Å². The zero-order valence-corrected chi connectivity index (χ0v) is 19.6. The summed E-state index contributed by atoms with van der Waals surface area (Å²) in [6, 6.07) is 14.9. The molecule has 7 nitrogen and oxygen atoms in total. The van der Waals surface area contributed by atoms with E-state index in [1.54, 1.807) is 0 Å². The molecule has 1 amide bonds. The number of fused-ring (bicyclic) bond motifs is 1. The van der Waals surface area contributed by atoms with Crippen molar-refractivity contribution in [2.75, 3.05) is 44.2 Å². The number of pyridine rings is 1. The molecule has 0 aliphatic carbocycles. The van der Waals surface area contributed by atoms with E-state index in [1.165, 1.54) is 16.4 Å². The van der Waals surface area contributed by atoms with Crippen molar-refractivity contribution in [3.63, 3.8) is 0 Å². The number of benzene rings is 2. The third-order valence-corrected chi connectivity index (χ3v) is 8.62. The number of amides is 1. The summed E-state index contributed by atoms with van der Waals surface area (Å²) in [6.45, 7) is 3.14. The third kappa shape index (κ3) is 4.37. The third-order valence-electron chi connectivity index (χ3n) is 6.74. The lowest BCUT2D eigenvalue weighted by Crippen LogP contribution is -2.53. The van der Waals surface area contributed by atoms with Crippen molar-refractivity contribution in [3.05, 3.63) is 66.6 Å². The molecule has 0 saturated carbocycles. The topological polar surface area (TPSA) is 73.8 Å². The Balaban J connectivity index is 1.24. The number of nitrogens with zero attached hydrogens (tertiary/aromatic N) is 4. The van der Waals surface area contributed by atoms with Crippen molar-refractivity contribution < 1.29 is 17.6 Å². The lowest BCUT2D eigenvalue weighted by molar-refractivity contribution is -0.137. The van der Waals surface area contributed by atoms with Gasteiger partial charge in [-0.1, -0.05) is 18.2 Å².